The maximum Gasteiger partial charge on any atom is 0.251 e. The first-order valence-electron chi connectivity index (χ1n) is 10.4. The average molecular weight is 419 g/mol. The fourth-order valence-electron chi connectivity index (χ4n) is 4.05. The highest BCUT2D eigenvalue weighted by molar-refractivity contribution is 6.90. The van der Waals surface area contributed by atoms with Crippen LogP contribution in [-0.4, -0.2) is 47.5 Å². The van der Waals surface area contributed by atoms with Gasteiger partial charge in [-0.1, -0.05) is 47.5 Å². The summed E-state index contributed by atoms with van der Waals surface area (Å²) >= 11 is 0. The highest BCUT2D eigenvalue weighted by Crippen LogP contribution is 2.40. The summed E-state index contributed by atoms with van der Waals surface area (Å²) in [6.07, 6.45) is 0. The van der Waals surface area contributed by atoms with E-state index in [9.17, 15) is 4.79 Å². The lowest BCUT2D eigenvalue weighted by Gasteiger charge is -2.38. The van der Waals surface area contributed by atoms with Gasteiger partial charge in [-0.15, -0.1) is 5.54 Å². The van der Waals surface area contributed by atoms with E-state index < -0.39 is 8.07 Å². The van der Waals surface area contributed by atoms with Gasteiger partial charge in [-0.3, -0.25) is 4.79 Å². The Bertz CT molecular complexity index is 699. The first kappa shape index (κ1) is 25.2. The Hall–Kier alpha value is -1.81. The fourth-order valence-corrected chi connectivity index (χ4v) is 9.28. The molecule has 1 amide bonds. The minimum atomic E-state index is -1.84. The summed E-state index contributed by atoms with van der Waals surface area (Å²) in [6, 6.07) is 5.35. The zero-order valence-electron chi connectivity index (χ0n) is 19.1. The van der Waals surface area contributed by atoms with Crippen LogP contribution in [-0.2, 0) is 9.47 Å². The van der Waals surface area contributed by atoms with E-state index in [1.807, 2.05) is 12.1 Å². The van der Waals surface area contributed by atoms with Gasteiger partial charge < -0.3 is 20.5 Å². The van der Waals surface area contributed by atoms with Crippen molar-refractivity contribution in [3.05, 3.63) is 29.3 Å². The van der Waals surface area contributed by atoms with Gasteiger partial charge in [0.1, 0.15) is 8.07 Å². The Labute approximate surface area is 177 Å². The van der Waals surface area contributed by atoms with Crippen LogP contribution in [0.5, 0.6) is 0 Å². The summed E-state index contributed by atoms with van der Waals surface area (Å²) in [7, 11) is -0.212. The normalized spacial score (nSPS) is 11.7. The lowest BCUT2D eigenvalue weighted by atomic mass is 10.1. The second-order valence-electron chi connectivity index (χ2n) is 8.35. The van der Waals surface area contributed by atoms with Crippen molar-refractivity contribution in [1.82, 2.24) is 5.32 Å². The number of rotatable bonds is 10. The molecule has 0 radical (unpaired) electrons. The number of nitrogens with one attached hydrogen (secondary N) is 1. The second-order valence-corrected chi connectivity index (χ2v) is 13.9. The molecule has 0 atom stereocenters. The van der Waals surface area contributed by atoms with Crippen LogP contribution in [0, 0.1) is 11.5 Å². The van der Waals surface area contributed by atoms with Crippen LogP contribution in [0.3, 0.4) is 0 Å². The monoisotopic (exact) mass is 418 g/mol. The molecule has 5 nitrogen and oxygen atoms in total. The van der Waals surface area contributed by atoms with Crippen LogP contribution in [0.1, 0.15) is 57.5 Å². The number of carbonyl (C=O) groups excluding carboxylic acids is 1. The number of benzene rings is 1. The molecule has 0 aromatic heterocycles. The van der Waals surface area contributed by atoms with Gasteiger partial charge in [-0.25, -0.2) is 0 Å². The quantitative estimate of drug-likeness (QED) is 0.258. The summed E-state index contributed by atoms with van der Waals surface area (Å²) in [6.45, 7) is 15.6. The fraction of sp³-hybridized carbons (Fsp3) is 0.609. The van der Waals surface area contributed by atoms with E-state index in [2.05, 4.69) is 58.3 Å². The maximum absolute atomic E-state index is 12.5. The third kappa shape index (κ3) is 7.18. The van der Waals surface area contributed by atoms with Gasteiger partial charge in [0.25, 0.3) is 5.91 Å². The van der Waals surface area contributed by atoms with Gasteiger partial charge in [0.2, 0.25) is 0 Å². The van der Waals surface area contributed by atoms with E-state index in [4.69, 9.17) is 15.2 Å². The van der Waals surface area contributed by atoms with Crippen molar-refractivity contribution in [3.8, 4) is 11.5 Å². The van der Waals surface area contributed by atoms with Crippen LogP contribution < -0.4 is 11.1 Å². The molecule has 1 aromatic rings. The molecule has 0 saturated heterocycles. The van der Waals surface area contributed by atoms with E-state index in [0.717, 1.165) is 5.56 Å². The molecule has 1 rings (SSSR count). The molecule has 0 aliphatic carbocycles. The summed E-state index contributed by atoms with van der Waals surface area (Å²) in [5, 5.41) is 2.86. The molecule has 0 fully saturated rings. The molecule has 1 aromatic carbocycles. The van der Waals surface area contributed by atoms with Crippen LogP contribution in [0.25, 0.3) is 0 Å². The smallest absolute Gasteiger partial charge is 0.251 e. The summed E-state index contributed by atoms with van der Waals surface area (Å²) in [4.78, 5) is 12.5. The molecule has 6 heteroatoms. The number of nitrogen functional groups attached to an aromatic ring is 1. The van der Waals surface area contributed by atoms with Crippen molar-refractivity contribution >= 4 is 19.7 Å². The number of nitrogens with two attached hydrogens (primary N) is 1. The Balaban J connectivity index is 2.98. The average Bonchev–Trinajstić information content (AvgIpc) is 2.63. The predicted molar refractivity (Wildman–Crippen MR) is 124 cm³/mol. The van der Waals surface area contributed by atoms with E-state index in [-0.39, 0.29) is 5.91 Å². The Morgan fingerprint density at radius 3 is 2.21 bits per heavy atom. The molecule has 162 valence electrons. The highest BCUT2D eigenvalue weighted by Gasteiger charge is 2.41. The van der Waals surface area contributed by atoms with Gasteiger partial charge in [0.15, 0.2) is 0 Å². The van der Waals surface area contributed by atoms with Crippen LogP contribution >= 0.6 is 0 Å². The standard InChI is InChI=1S/C23H38N2O3Si/c1-17(2)29(18(3)4,19(5)6)13-8-20-14-21(16-22(24)15-20)23(26)25-9-10-28-12-11-27-7/h14-19H,9-12,24H2,1-7H3,(H,25,26). The molecule has 0 aliphatic heterocycles. The van der Waals surface area contributed by atoms with E-state index in [1.54, 1.807) is 13.2 Å². The first-order chi connectivity index (χ1) is 13.6. The first-order valence-corrected chi connectivity index (χ1v) is 12.7. The van der Waals surface area contributed by atoms with Crippen LogP contribution in [0.4, 0.5) is 5.69 Å². The number of hydrogen-bond acceptors (Lipinski definition) is 4. The van der Waals surface area contributed by atoms with Crippen LogP contribution in [0.2, 0.25) is 16.6 Å². The number of hydrogen-bond donors (Lipinski definition) is 2. The molecule has 29 heavy (non-hydrogen) atoms. The van der Waals surface area contributed by atoms with E-state index in [1.165, 1.54) is 0 Å². The zero-order valence-corrected chi connectivity index (χ0v) is 20.1. The summed E-state index contributed by atoms with van der Waals surface area (Å²) in [5.41, 5.74) is 13.3. The maximum atomic E-state index is 12.5. The van der Waals surface area contributed by atoms with Crippen molar-refractivity contribution in [2.75, 3.05) is 39.2 Å². The topological polar surface area (TPSA) is 73.6 Å². The molecular formula is C23H38N2O3Si. The molecule has 0 bridgehead atoms. The number of anilines is 1. The minimum absolute atomic E-state index is 0.171. The molecule has 0 spiro atoms. The van der Waals surface area contributed by atoms with Gasteiger partial charge >= 0.3 is 0 Å². The van der Waals surface area contributed by atoms with Crippen molar-refractivity contribution in [2.45, 2.75) is 58.2 Å². The Morgan fingerprint density at radius 2 is 1.66 bits per heavy atom. The third-order valence-electron chi connectivity index (χ3n) is 5.47. The van der Waals surface area contributed by atoms with Crippen molar-refractivity contribution < 1.29 is 14.3 Å². The number of carbonyl (C=O) groups is 1. The van der Waals surface area contributed by atoms with Crippen molar-refractivity contribution in [3.63, 3.8) is 0 Å². The lowest BCUT2D eigenvalue weighted by Crippen LogP contribution is -2.43. The highest BCUT2D eigenvalue weighted by atomic mass is 28.3. The largest absolute Gasteiger partial charge is 0.399 e. The summed E-state index contributed by atoms with van der Waals surface area (Å²) < 4.78 is 10.3. The second kappa shape index (κ2) is 12.0. The van der Waals surface area contributed by atoms with Crippen molar-refractivity contribution in [1.29, 1.82) is 0 Å². The lowest BCUT2D eigenvalue weighted by molar-refractivity contribution is 0.0692. The van der Waals surface area contributed by atoms with Gasteiger partial charge in [0, 0.05) is 30.5 Å². The van der Waals surface area contributed by atoms with Gasteiger partial charge in [-0.05, 0) is 34.8 Å². The third-order valence-corrected chi connectivity index (χ3v) is 11.8. The predicted octanol–water partition coefficient (Wildman–Crippen LogP) is 4.23. The molecule has 3 N–H and O–H groups in total. The van der Waals surface area contributed by atoms with Crippen LogP contribution in [0.15, 0.2) is 18.2 Å². The Morgan fingerprint density at radius 1 is 1.03 bits per heavy atom. The molecule has 0 saturated carbocycles. The molecule has 0 unspecified atom stereocenters. The molecule has 0 aliphatic rings. The van der Waals surface area contributed by atoms with E-state index >= 15 is 0 Å². The molecular weight excluding hydrogens is 380 g/mol. The number of amides is 1. The van der Waals surface area contributed by atoms with Gasteiger partial charge in [-0.2, -0.15) is 0 Å². The van der Waals surface area contributed by atoms with Crippen molar-refractivity contribution in [2.24, 2.45) is 0 Å². The SMILES string of the molecule is COCCOCCNC(=O)c1cc(N)cc(C#C[Si](C(C)C)(C(C)C)C(C)C)c1. The van der Waals surface area contributed by atoms with E-state index in [0.29, 0.717) is 54.2 Å². The minimum Gasteiger partial charge on any atom is -0.399 e. The zero-order chi connectivity index (χ0) is 22.0. The number of methoxy groups -OCH3 is 1. The Kier molecular flexibility index (Phi) is 10.4. The number of ether oxygens (including phenoxy) is 2. The molecule has 0 heterocycles. The van der Waals surface area contributed by atoms with Gasteiger partial charge in [0.05, 0.1) is 19.8 Å². The summed E-state index contributed by atoms with van der Waals surface area (Å²) in [5.74, 6) is 3.20.